The van der Waals surface area contributed by atoms with Gasteiger partial charge >= 0.3 is 6.03 Å². The Labute approximate surface area is 205 Å². The number of carbonyl (C=O) groups excluding carboxylic acids is 2. The van der Waals surface area contributed by atoms with Crippen molar-refractivity contribution in [3.05, 3.63) is 71.5 Å². The first kappa shape index (κ1) is 25.1. The van der Waals surface area contributed by atoms with Gasteiger partial charge in [0.1, 0.15) is 5.82 Å². The zero-order chi connectivity index (χ0) is 24.5. The SMILES string of the molecule is O=C(NCc1ccccc1)N1CCOC(CN(CCN2CCOCC2)C(=O)c2ccc(F)cc2)C1. The van der Waals surface area contributed by atoms with Gasteiger partial charge in [-0.3, -0.25) is 9.69 Å². The highest BCUT2D eigenvalue weighted by atomic mass is 19.1. The van der Waals surface area contributed by atoms with Gasteiger partial charge in [-0.1, -0.05) is 30.3 Å². The Balaban J connectivity index is 1.36. The summed E-state index contributed by atoms with van der Waals surface area (Å²) in [6.07, 6.45) is -0.305. The van der Waals surface area contributed by atoms with Crippen molar-refractivity contribution in [3.63, 3.8) is 0 Å². The highest BCUT2D eigenvalue weighted by Gasteiger charge is 2.28. The monoisotopic (exact) mass is 484 g/mol. The van der Waals surface area contributed by atoms with E-state index in [4.69, 9.17) is 9.47 Å². The van der Waals surface area contributed by atoms with Crippen LogP contribution in [0.1, 0.15) is 15.9 Å². The molecule has 2 heterocycles. The van der Waals surface area contributed by atoms with Crippen LogP contribution in [0, 0.1) is 5.82 Å². The highest BCUT2D eigenvalue weighted by Crippen LogP contribution is 2.13. The van der Waals surface area contributed by atoms with Crippen LogP contribution < -0.4 is 5.32 Å². The molecule has 0 aromatic heterocycles. The molecule has 0 aliphatic carbocycles. The Hall–Kier alpha value is -3.01. The summed E-state index contributed by atoms with van der Waals surface area (Å²) in [6.45, 7) is 6.35. The maximum absolute atomic E-state index is 13.4. The summed E-state index contributed by atoms with van der Waals surface area (Å²) in [6, 6.07) is 15.2. The number of halogens is 1. The summed E-state index contributed by atoms with van der Waals surface area (Å²) in [5.41, 5.74) is 1.46. The van der Waals surface area contributed by atoms with Crippen LogP contribution in [0.25, 0.3) is 0 Å². The lowest BCUT2D eigenvalue weighted by Crippen LogP contribution is -2.53. The average Bonchev–Trinajstić information content (AvgIpc) is 2.91. The number of amides is 3. The van der Waals surface area contributed by atoms with Gasteiger partial charge in [-0.05, 0) is 29.8 Å². The number of rotatable bonds is 8. The van der Waals surface area contributed by atoms with Gasteiger partial charge in [-0.2, -0.15) is 0 Å². The molecule has 0 bridgehead atoms. The second-order valence-corrected chi connectivity index (χ2v) is 8.80. The fraction of sp³-hybridized carbons (Fsp3) is 0.462. The van der Waals surface area contributed by atoms with E-state index in [1.165, 1.54) is 24.3 Å². The fourth-order valence-corrected chi connectivity index (χ4v) is 4.28. The third-order valence-corrected chi connectivity index (χ3v) is 6.30. The minimum Gasteiger partial charge on any atom is -0.379 e. The number of carbonyl (C=O) groups is 2. The first-order chi connectivity index (χ1) is 17.1. The number of nitrogens with one attached hydrogen (secondary N) is 1. The summed E-state index contributed by atoms with van der Waals surface area (Å²) >= 11 is 0. The van der Waals surface area contributed by atoms with Gasteiger partial charge in [-0.25, -0.2) is 9.18 Å². The molecule has 0 radical (unpaired) electrons. The van der Waals surface area contributed by atoms with E-state index in [1.807, 2.05) is 30.3 Å². The molecule has 3 amide bonds. The first-order valence-corrected chi connectivity index (χ1v) is 12.1. The Bertz CT molecular complexity index is 954. The summed E-state index contributed by atoms with van der Waals surface area (Å²) in [7, 11) is 0. The van der Waals surface area contributed by atoms with E-state index in [9.17, 15) is 14.0 Å². The molecule has 2 aliphatic heterocycles. The maximum atomic E-state index is 13.4. The van der Waals surface area contributed by atoms with E-state index in [-0.39, 0.29) is 23.9 Å². The first-order valence-electron chi connectivity index (χ1n) is 12.1. The standard InChI is InChI=1S/C26H33FN4O4/c27-23-8-6-22(7-9-23)25(32)30(11-10-29-12-15-34-16-13-29)19-24-20-31(14-17-35-24)26(33)28-18-21-4-2-1-3-5-21/h1-9,24H,10-20H2,(H,28,33). The zero-order valence-corrected chi connectivity index (χ0v) is 19.9. The predicted octanol–water partition coefficient (Wildman–Crippen LogP) is 2.21. The molecule has 8 nitrogen and oxygen atoms in total. The lowest BCUT2D eigenvalue weighted by molar-refractivity contribution is -0.0297. The van der Waals surface area contributed by atoms with Gasteiger partial charge in [0.15, 0.2) is 0 Å². The number of hydrogen-bond donors (Lipinski definition) is 1. The van der Waals surface area contributed by atoms with Crippen molar-refractivity contribution < 1.29 is 23.5 Å². The third-order valence-electron chi connectivity index (χ3n) is 6.30. The molecule has 1 atom stereocenters. The van der Waals surface area contributed by atoms with Gasteiger partial charge in [0.05, 0.1) is 32.5 Å². The van der Waals surface area contributed by atoms with Gasteiger partial charge in [0, 0.05) is 51.4 Å². The Kier molecular flexibility index (Phi) is 9.05. The van der Waals surface area contributed by atoms with Crippen molar-refractivity contribution in [2.24, 2.45) is 0 Å². The van der Waals surface area contributed by atoms with Gasteiger partial charge < -0.3 is 24.6 Å². The molecule has 0 spiro atoms. The molecule has 35 heavy (non-hydrogen) atoms. The maximum Gasteiger partial charge on any atom is 0.317 e. The van der Waals surface area contributed by atoms with Crippen LogP contribution in [-0.2, 0) is 16.0 Å². The third kappa shape index (κ3) is 7.48. The molecule has 4 rings (SSSR count). The minimum atomic E-state index is -0.380. The van der Waals surface area contributed by atoms with Crippen LogP contribution in [0.4, 0.5) is 9.18 Å². The number of urea groups is 1. The van der Waals surface area contributed by atoms with Crippen LogP contribution in [0.3, 0.4) is 0 Å². The number of nitrogens with zero attached hydrogens (tertiary/aromatic N) is 3. The summed E-state index contributed by atoms with van der Waals surface area (Å²) in [5, 5.41) is 2.96. The van der Waals surface area contributed by atoms with Gasteiger partial charge in [0.25, 0.3) is 5.91 Å². The van der Waals surface area contributed by atoms with Crippen LogP contribution in [-0.4, -0.2) is 98.4 Å². The molecule has 2 aliphatic rings. The van der Waals surface area contributed by atoms with Crippen molar-refractivity contribution in [2.75, 3.05) is 65.6 Å². The highest BCUT2D eigenvalue weighted by molar-refractivity contribution is 5.94. The zero-order valence-electron chi connectivity index (χ0n) is 19.9. The number of ether oxygens (including phenoxy) is 2. The molecule has 2 saturated heterocycles. The topological polar surface area (TPSA) is 74.4 Å². The van der Waals surface area contributed by atoms with E-state index in [1.54, 1.807) is 9.80 Å². The second-order valence-electron chi connectivity index (χ2n) is 8.80. The van der Waals surface area contributed by atoms with E-state index < -0.39 is 0 Å². The van der Waals surface area contributed by atoms with Crippen LogP contribution in [0.15, 0.2) is 54.6 Å². The molecule has 0 saturated carbocycles. The van der Waals surface area contributed by atoms with E-state index in [0.717, 1.165) is 18.7 Å². The van der Waals surface area contributed by atoms with Crippen molar-refractivity contribution in [1.82, 2.24) is 20.0 Å². The van der Waals surface area contributed by atoms with Crippen LogP contribution in [0.5, 0.6) is 0 Å². The Morgan fingerprint density at radius 2 is 1.74 bits per heavy atom. The van der Waals surface area contributed by atoms with Gasteiger partial charge in [-0.15, -0.1) is 0 Å². The van der Waals surface area contributed by atoms with E-state index in [0.29, 0.717) is 64.7 Å². The minimum absolute atomic E-state index is 0.146. The smallest absolute Gasteiger partial charge is 0.317 e. The number of benzene rings is 2. The van der Waals surface area contributed by atoms with E-state index >= 15 is 0 Å². The molecule has 2 aromatic rings. The van der Waals surface area contributed by atoms with Crippen LogP contribution >= 0.6 is 0 Å². The quantitative estimate of drug-likeness (QED) is 0.622. The number of morpholine rings is 2. The summed E-state index contributed by atoms with van der Waals surface area (Å²) < 4.78 is 24.8. The normalized spacial score (nSPS) is 18.8. The lowest BCUT2D eigenvalue weighted by Gasteiger charge is -2.36. The molecule has 188 valence electrons. The summed E-state index contributed by atoms with van der Waals surface area (Å²) in [4.78, 5) is 31.8. The average molecular weight is 485 g/mol. The van der Waals surface area contributed by atoms with Gasteiger partial charge in [0.2, 0.25) is 0 Å². The van der Waals surface area contributed by atoms with Crippen LogP contribution in [0.2, 0.25) is 0 Å². The lowest BCUT2D eigenvalue weighted by atomic mass is 10.1. The molecule has 1 unspecified atom stereocenters. The second kappa shape index (κ2) is 12.6. The van der Waals surface area contributed by atoms with Crippen molar-refractivity contribution in [2.45, 2.75) is 12.6 Å². The molecular formula is C26H33FN4O4. The number of hydrogen-bond acceptors (Lipinski definition) is 5. The van der Waals surface area contributed by atoms with E-state index in [2.05, 4.69) is 10.2 Å². The predicted molar refractivity (Wildman–Crippen MR) is 130 cm³/mol. The van der Waals surface area contributed by atoms with Crippen molar-refractivity contribution >= 4 is 11.9 Å². The Morgan fingerprint density at radius 1 is 1.00 bits per heavy atom. The molecule has 9 heteroatoms. The fourth-order valence-electron chi connectivity index (χ4n) is 4.28. The summed E-state index contributed by atoms with van der Waals surface area (Å²) in [5.74, 6) is -0.554. The molecule has 1 N–H and O–H groups in total. The van der Waals surface area contributed by atoms with Crippen molar-refractivity contribution in [1.29, 1.82) is 0 Å². The molecule has 2 fully saturated rings. The molecular weight excluding hydrogens is 451 g/mol. The molecule has 2 aromatic carbocycles. The van der Waals surface area contributed by atoms with Crippen molar-refractivity contribution in [3.8, 4) is 0 Å². The Morgan fingerprint density at radius 3 is 2.49 bits per heavy atom. The largest absolute Gasteiger partial charge is 0.379 e.